The number of halogens is 1. The first-order valence-electron chi connectivity index (χ1n) is 6.11. The summed E-state index contributed by atoms with van der Waals surface area (Å²) in [7, 11) is 0. The molecule has 0 radical (unpaired) electrons. The second kappa shape index (κ2) is 4.57. The normalized spacial score (nSPS) is 22.5. The minimum absolute atomic E-state index is 0.0522. The first kappa shape index (κ1) is 11.5. The average molecular weight is 251 g/mol. The van der Waals surface area contributed by atoms with Crippen LogP contribution in [0.2, 0.25) is 0 Å². The minimum atomic E-state index is -0.361. The van der Waals surface area contributed by atoms with E-state index in [1.165, 1.54) is 12.1 Å². The molecule has 0 aromatic heterocycles. The van der Waals surface area contributed by atoms with Crippen LogP contribution in [0.4, 0.5) is 10.1 Å². The molecular formula is C13H14FNO3. The van der Waals surface area contributed by atoms with Gasteiger partial charge < -0.3 is 14.4 Å². The van der Waals surface area contributed by atoms with E-state index in [9.17, 15) is 9.18 Å². The third-order valence-corrected chi connectivity index (χ3v) is 3.26. The van der Waals surface area contributed by atoms with Crippen molar-refractivity contribution in [3.63, 3.8) is 0 Å². The number of carbonyl (C=O) groups excluding carboxylic acids is 1. The zero-order valence-electron chi connectivity index (χ0n) is 9.89. The van der Waals surface area contributed by atoms with E-state index in [1.807, 2.05) is 0 Å². The van der Waals surface area contributed by atoms with Crippen molar-refractivity contribution in [2.24, 2.45) is 0 Å². The molecule has 1 aromatic rings. The summed E-state index contributed by atoms with van der Waals surface area (Å²) in [5.74, 6) is 0.0106. The minimum Gasteiger partial charge on any atom is -0.489 e. The van der Waals surface area contributed by atoms with Crippen LogP contribution in [0.5, 0.6) is 5.75 Å². The van der Waals surface area contributed by atoms with E-state index in [0.717, 1.165) is 12.8 Å². The largest absolute Gasteiger partial charge is 0.489 e. The summed E-state index contributed by atoms with van der Waals surface area (Å²) in [5.41, 5.74) is 0.628. The van der Waals surface area contributed by atoms with Gasteiger partial charge in [0.15, 0.2) is 0 Å². The fraction of sp³-hybridized carbons (Fsp3) is 0.462. The molecule has 0 aliphatic carbocycles. The Morgan fingerprint density at radius 1 is 1.39 bits per heavy atom. The first-order chi connectivity index (χ1) is 8.75. The first-order valence-corrected chi connectivity index (χ1v) is 6.11. The highest BCUT2D eigenvalue weighted by Gasteiger charge is 2.32. The maximum absolute atomic E-state index is 13.1. The van der Waals surface area contributed by atoms with E-state index >= 15 is 0 Å². The molecular weight excluding hydrogens is 237 g/mol. The fourth-order valence-electron chi connectivity index (χ4n) is 2.37. The topological polar surface area (TPSA) is 38.8 Å². The number of benzene rings is 1. The van der Waals surface area contributed by atoms with Gasteiger partial charge in [0.25, 0.3) is 5.91 Å². The van der Waals surface area contributed by atoms with Crippen molar-refractivity contribution in [2.45, 2.75) is 18.9 Å². The summed E-state index contributed by atoms with van der Waals surface area (Å²) in [5, 5.41) is 0. The highest BCUT2D eigenvalue weighted by Crippen LogP contribution is 2.33. The van der Waals surface area contributed by atoms with E-state index in [4.69, 9.17) is 9.47 Å². The van der Waals surface area contributed by atoms with Gasteiger partial charge in [-0.3, -0.25) is 4.79 Å². The van der Waals surface area contributed by atoms with Crippen molar-refractivity contribution < 1.29 is 18.7 Å². The van der Waals surface area contributed by atoms with Crippen LogP contribution in [0.15, 0.2) is 18.2 Å². The quantitative estimate of drug-likeness (QED) is 0.763. The summed E-state index contributed by atoms with van der Waals surface area (Å²) < 4.78 is 23.9. The molecule has 3 rings (SSSR count). The second-order valence-electron chi connectivity index (χ2n) is 4.45. The molecule has 0 bridgehead atoms. The van der Waals surface area contributed by atoms with E-state index in [2.05, 4.69) is 0 Å². The van der Waals surface area contributed by atoms with Crippen molar-refractivity contribution in [3.05, 3.63) is 24.0 Å². The van der Waals surface area contributed by atoms with Crippen molar-refractivity contribution >= 4 is 11.6 Å². The smallest absolute Gasteiger partial charge is 0.256 e. The van der Waals surface area contributed by atoms with E-state index < -0.39 is 0 Å². The summed E-state index contributed by atoms with van der Waals surface area (Å²) >= 11 is 0. The monoisotopic (exact) mass is 251 g/mol. The number of anilines is 1. The van der Waals surface area contributed by atoms with Crippen LogP contribution in [-0.2, 0) is 9.53 Å². The van der Waals surface area contributed by atoms with E-state index in [-0.39, 0.29) is 17.8 Å². The van der Waals surface area contributed by atoms with Crippen LogP contribution >= 0.6 is 0 Å². The number of carbonyl (C=O) groups is 1. The van der Waals surface area contributed by atoms with Crippen LogP contribution in [0.3, 0.4) is 0 Å². The Bertz CT molecular complexity index is 471. The number of rotatable bonds is 1. The predicted molar refractivity (Wildman–Crippen MR) is 63.2 cm³/mol. The zero-order valence-corrected chi connectivity index (χ0v) is 9.89. The standard InChI is InChI=1S/C13H14FNO3/c14-9-3-4-10-12(8-9)18-7-5-15(10)13(16)11-2-1-6-17-11/h3-4,8,11H,1-2,5-7H2. The predicted octanol–water partition coefficient (Wildman–Crippen LogP) is 1.73. The molecule has 2 aliphatic heterocycles. The molecule has 0 N–H and O–H groups in total. The molecule has 1 amide bonds. The third-order valence-electron chi connectivity index (χ3n) is 3.26. The number of hydrogen-bond donors (Lipinski definition) is 0. The summed E-state index contributed by atoms with van der Waals surface area (Å²) in [6, 6.07) is 4.23. The lowest BCUT2D eigenvalue weighted by Crippen LogP contribution is -2.43. The highest BCUT2D eigenvalue weighted by atomic mass is 19.1. The number of fused-ring (bicyclic) bond motifs is 1. The summed E-state index contributed by atoms with van der Waals surface area (Å²) in [6.45, 7) is 1.50. The van der Waals surface area contributed by atoms with Gasteiger partial charge in [-0.25, -0.2) is 4.39 Å². The molecule has 1 aromatic carbocycles. The van der Waals surface area contributed by atoms with Gasteiger partial charge in [-0.15, -0.1) is 0 Å². The van der Waals surface area contributed by atoms with Gasteiger partial charge in [0.2, 0.25) is 0 Å². The maximum atomic E-state index is 13.1. The molecule has 1 saturated heterocycles. The van der Waals surface area contributed by atoms with Crippen molar-refractivity contribution in [1.29, 1.82) is 0 Å². The van der Waals surface area contributed by atoms with E-state index in [0.29, 0.717) is 31.2 Å². The van der Waals surface area contributed by atoms with Gasteiger partial charge in [0, 0.05) is 12.7 Å². The van der Waals surface area contributed by atoms with Gasteiger partial charge in [0.1, 0.15) is 24.3 Å². The second-order valence-corrected chi connectivity index (χ2v) is 4.45. The molecule has 0 spiro atoms. The summed E-state index contributed by atoms with van der Waals surface area (Å²) in [6.07, 6.45) is 1.31. The third kappa shape index (κ3) is 1.95. The van der Waals surface area contributed by atoms with Gasteiger partial charge in [-0.1, -0.05) is 0 Å². The molecule has 2 heterocycles. The Morgan fingerprint density at radius 3 is 3.06 bits per heavy atom. The van der Waals surface area contributed by atoms with Crippen LogP contribution < -0.4 is 9.64 Å². The molecule has 18 heavy (non-hydrogen) atoms. The Hall–Kier alpha value is -1.62. The van der Waals surface area contributed by atoms with Crippen molar-refractivity contribution in [1.82, 2.24) is 0 Å². The number of hydrogen-bond acceptors (Lipinski definition) is 3. The lowest BCUT2D eigenvalue weighted by atomic mass is 10.1. The molecule has 5 heteroatoms. The maximum Gasteiger partial charge on any atom is 0.256 e. The lowest BCUT2D eigenvalue weighted by Gasteiger charge is -2.31. The highest BCUT2D eigenvalue weighted by molar-refractivity contribution is 5.98. The lowest BCUT2D eigenvalue weighted by molar-refractivity contribution is -0.127. The Labute approximate surface area is 104 Å². The molecule has 1 atom stereocenters. The van der Waals surface area contributed by atoms with Gasteiger partial charge >= 0.3 is 0 Å². The number of ether oxygens (including phenoxy) is 2. The fourth-order valence-corrected chi connectivity index (χ4v) is 2.37. The number of amides is 1. The van der Waals surface area contributed by atoms with Gasteiger partial charge in [-0.2, -0.15) is 0 Å². The van der Waals surface area contributed by atoms with Crippen LogP contribution in [0.25, 0.3) is 0 Å². The Kier molecular flexibility index (Phi) is 2.91. The summed E-state index contributed by atoms with van der Waals surface area (Å²) in [4.78, 5) is 13.9. The van der Waals surface area contributed by atoms with Crippen LogP contribution in [-0.4, -0.2) is 31.8 Å². The van der Waals surface area contributed by atoms with Gasteiger partial charge in [-0.05, 0) is 25.0 Å². The van der Waals surface area contributed by atoms with Crippen molar-refractivity contribution in [2.75, 3.05) is 24.7 Å². The molecule has 0 saturated carbocycles. The van der Waals surface area contributed by atoms with Gasteiger partial charge in [0.05, 0.1) is 12.2 Å². The molecule has 1 fully saturated rings. The SMILES string of the molecule is O=C(C1CCCO1)N1CCOc2cc(F)ccc21. The molecule has 4 nitrogen and oxygen atoms in total. The number of nitrogens with zero attached hydrogens (tertiary/aromatic N) is 1. The zero-order chi connectivity index (χ0) is 12.5. The molecule has 1 unspecified atom stereocenters. The van der Waals surface area contributed by atoms with Crippen LogP contribution in [0, 0.1) is 5.82 Å². The Balaban J connectivity index is 1.88. The van der Waals surface area contributed by atoms with E-state index in [1.54, 1.807) is 11.0 Å². The van der Waals surface area contributed by atoms with Crippen LogP contribution in [0.1, 0.15) is 12.8 Å². The average Bonchev–Trinajstić information content (AvgIpc) is 2.90. The molecule has 96 valence electrons. The van der Waals surface area contributed by atoms with Crippen molar-refractivity contribution in [3.8, 4) is 5.75 Å². The molecule has 2 aliphatic rings. The Morgan fingerprint density at radius 2 is 2.28 bits per heavy atom.